The molecule has 0 aromatic carbocycles. The van der Waals surface area contributed by atoms with Crippen molar-refractivity contribution in [3.63, 3.8) is 0 Å². The number of rotatable bonds is 5. The Labute approximate surface area is 101 Å². The van der Waals surface area contributed by atoms with Gasteiger partial charge in [-0.25, -0.2) is 0 Å². The Kier molecular flexibility index (Phi) is 5.91. The van der Waals surface area contributed by atoms with Gasteiger partial charge in [0, 0.05) is 12.5 Å². The van der Waals surface area contributed by atoms with Gasteiger partial charge < -0.3 is 5.73 Å². The Morgan fingerprint density at radius 1 is 1.19 bits per heavy atom. The van der Waals surface area contributed by atoms with Crippen molar-refractivity contribution in [2.45, 2.75) is 64.8 Å². The topological polar surface area (TPSA) is 26.0 Å². The monoisotopic (exact) mass is 221 g/mol. The first-order valence-corrected chi connectivity index (χ1v) is 6.84. The molecule has 0 saturated heterocycles. The van der Waals surface area contributed by atoms with Crippen molar-refractivity contribution in [1.29, 1.82) is 0 Å². The van der Waals surface area contributed by atoms with E-state index in [1.807, 2.05) is 0 Å². The van der Waals surface area contributed by atoms with Crippen LogP contribution in [-0.2, 0) is 0 Å². The van der Waals surface area contributed by atoms with Gasteiger partial charge in [-0.05, 0) is 56.3 Å². The normalized spacial score (nSPS) is 27.7. The molecule has 2 N–H and O–H groups in total. The minimum atomic E-state index is 0.390. The first kappa shape index (κ1) is 13.6. The lowest BCUT2D eigenvalue weighted by molar-refractivity contribution is 0.198. The van der Waals surface area contributed by atoms with E-state index in [2.05, 4.69) is 19.8 Å². The quantitative estimate of drug-likeness (QED) is 0.557. The molecule has 1 rings (SSSR count). The molecule has 0 spiro atoms. The predicted octanol–water partition coefficient (Wildman–Crippen LogP) is 3.58. The van der Waals surface area contributed by atoms with Crippen LogP contribution in [0.5, 0.6) is 0 Å². The van der Waals surface area contributed by atoms with Crippen LogP contribution in [0.1, 0.15) is 58.8 Å². The molecule has 1 aliphatic carbocycles. The highest BCUT2D eigenvalue weighted by molar-refractivity contribution is 4.85. The minimum Gasteiger partial charge on any atom is -0.327 e. The maximum absolute atomic E-state index is 6.24. The van der Waals surface area contributed by atoms with Gasteiger partial charge in [-0.2, -0.15) is 0 Å². The van der Waals surface area contributed by atoms with Gasteiger partial charge in [0.2, 0.25) is 0 Å². The van der Waals surface area contributed by atoms with Crippen LogP contribution in [0, 0.1) is 30.1 Å². The zero-order valence-electron chi connectivity index (χ0n) is 10.9. The van der Waals surface area contributed by atoms with Crippen molar-refractivity contribution < 1.29 is 0 Å². The lowest BCUT2D eigenvalue weighted by atomic mass is 9.74. The van der Waals surface area contributed by atoms with Gasteiger partial charge >= 0.3 is 0 Å². The summed E-state index contributed by atoms with van der Waals surface area (Å²) in [6, 6.07) is 0.390. The van der Waals surface area contributed by atoms with Crippen molar-refractivity contribution in [3.8, 4) is 12.3 Å². The second-order valence-electron chi connectivity index (χ2n) is 5.68. The summed E-state index contributed by atoms with van der Waals surface area (Å²) in [5, 5.41) is 0. The van der Waals surface area contributed by atoms with Crippen LogP contribution in [0.3, 0.4) is 0 Å². The van der Waals surface area contributed by atoms with E-state index in [9.17, 15) is 0 Å². The fourth-order valence-corrected chi connectivity index (χ4v) is 2.92. The Bertz CT molecular complexity index is 218. The van der Waals surface area contributed by atoms with Gasteiger partial charge in [0.1, 0.15) is 0 Å². The molecule has 1 fully saturated rings. The summed E-state index contributed by atoms with van der Waals surface area (Å²) in [4.78, 5) is 0. The molecule has 0 radical (unpaired) electrons. The van der Waals surface area contributed by atoms with E-state index < -0.39 is 0 Å². The number of hydrogen-bond donors (Lipinski definition) is 1. The van der Waals surface area contributed by atoms with Gasteiger partial charge in [0.15, 0.2) is 0 Å². The van der Waals surface area contributed by atoms with E-state index in [0.717, 1.165) is 37.0 Å². The van der Waals surface area contributed by atoms with Crippen LogP contribution in [0.15, 0.2) is 0 Å². The number of nitrogens with two attached hydrogens (primary N) is 1. The zero-order chi connectivity index (χ0) is 12.0. The fraction of sp³-hybridized carbons (Fsp3) is 0.867. The maximum atomic E-state index is 6.24. The van der Waals surface area contributed by atoms with Gasteiger partial charge in [-0.3, -0.25) is 0 Å². The molecule has 1 atom stereocenters. The SMILES string of the molecule is C#CCCCC(N)C1CCC(C(C)C)CC1. The van der Waals surface area contributed by atoms with Crippen LogP contribution in [0.2, 0.25) is 0 Å². The third kappa shape index (κ3) is 4.18. The van der Waals surface area contributed by atoms with Gasteiger partial charge in [0.25, 0.3) is 0 Å². The summed E-state index contributed by atoms with van der Waals surface area (Å²) < 4.78 is 0. The predicted molar refractivity (Wildman–Crippen MR) is 70.9 cm³/mol. The molecule has 0 amide bonds. The molecule has 1 nitrogen and oxygen atoms in total. The summed E-state index contributed by atoms with van der Waals surface area (Å²) >= 11 is 0. The summed E-state index contributed by atoms with van der Waals surface area (Å²) in [6.07, 6.45) is 13.8. The lowest BCUT2D eigenvalue weighted by Gasteiger charge is -2.34. The third-order valence-electron chi connectivity index (χ3n) is 4.22. The van der Waals surface area contributed by atoms with Crippen molar-refractivity contribution in [1.82, 2.24) is 0 Å². The molecule has 0 aromatic heterocycles. The third-order valence-corrected chi connectivity index (χ3v) is 4.22. The molecule has 0 aliphatic heterocycles. The molecule has 1 unspecified atom stereocenters. The molecule has 1 heteroatoms. The largest absolute Gasteiger partial charge is 0.327 e. The van der Waals surface area contributed by atoms with E-state index in [1.165, 1.54) is 25.7 Å². The first-order valence-electron chi connectivity index (χ1n) is 6.84. The highest BCUT2D eigenvalue weighted by Gasteiger charge is 2.26. The van der Waals surface area contributed by atoms with Crippen LogP contribution >= 0.6 is 0 Å². The highest BCUT2D eigenvalue weighted by atomic mass is 14.6. The van der Waals surface area contributed by atoms with Crippen molar-refractivity contribution in [2.75, 3.05) is 0 Å². The molecule has 92 valence electrons. The Morgan fingerprint density at radius 3 is 2.25 bits per heavy atom. The van der Waals surface area contributed by atoms with Gasteiger partial charge in [0.05, 0.1) is 0 Å². The molecule has 1 aliphatic rings. The molecule has 16 heavy (non-hydrogen) atoms. The Balaban J connectivity index is 2.22. The summed E-state index contributed by atoms with van der Waals surface area (Å²) in [5.74, 6) is 5.23. The van der Waals surface area contributed by atoms with E-state index in [0.29, 0.717) is 6.04 Å². The summed E-state index contributed by atoms with van der Waals surface area (Å²) in [6.45, 7) is 4.69. The number of unbranched alkanes of at least 4 members (excludes halogenated alkanes) is 1. The van der Waals surface area contributed by atoms with E-state index >= 15 is 0 Å². The van der Waals surface area contributed by atoms with Crippen LogP contribution in [0.4, 0.5) is 0 Å². The second-order valence-corrected chi connectivity index (χ2v) is 5.68. The van der Waals surface area contributed by atoms with E-state index in [4.69, 9.17) is 12.2 Å². The molecule has 0 aromatic rings. The maximum Gasteiger partial charge on any atom is 0.00866 e. The van der Waals surface area contributed by atoms with Crippen LogP contribution < -0.4 is 5.73 Å². The standard InChI is InChI=1S/C15H27N/c1-4-5-6-7-15(16)14-10-8-13(9-11-14)12(2)3/h1,12-15H,5-11,16H2,2-3H3. The first-order chi connectivity index (χ1) is 7.65. The summed E-state index contributed by atoms with van der Waals surface area (Å²) in [5.41, 5.74) is 6.24. The van der Waals surface area contributed by atoms with E-state index in [-0.39, 0.29) is 0 Å². The molecule has 0 bridgehead atoms. The number of terminal acetylenes is 1. The molecule has 0 heterocycles. The lowest BCUT2D eigenvalue weighted by Crippen LogP contribution is -2.33. The fourth-order valence-electron chi connectivity index (χ4n) is 2.92. The summed E-state index contributed by atoms with van der Waals surface area (Å²) in [7, 11) is 0. The average molecular weight is 221 g/mol. The van der Waals surface area contributed by atoms with E-state index in [1.54, 1.807) is 0 Å². The van der Waals surface area contributed by atoms with Gasteiger partial charge in [-0.15, -0.1) is 12.3 Å². The average Bonchev–Trinajstić information content (AvgIpc) is 2.29. The Hall–Kier alpha value is -0.480. The highest BCUT2D eigenvalue weighted by Crippen LogP contribution is 2.35. The van der Waals surface area contributed by atoms with Crippen LogP contribution in [-0.4, -0.2) is 6.04 Å². The van der Waals surface area contributed by atoms with Crippen molar-refractivity contribution in [2.24, 2.45) is 23.5 Å². The smallest absolute Gasteiger partial charge is 0.00866 e. The zero-order valence-corrected chi connectivity index (χ0v) is 10.9. The van der Waals surface area contributed by atoms with Crippen molar-refractivity contribution >= 4 is 0 Å². The van der Waals surface area contributed by atoms with Crippen molar-refractivity contribution in [3.05, 3.63) is 0 Å². The number of hydrogen-bond acceptors (Lipinski definition) is 1. The minimum absolute atomic E-state index is 0.390. The Morgan fingerprint density at radius 2 is 1.75 bits per heavy atom. The molecule has 1 saturated carbocycles. The second kappa shape index (κ2) is 6.97. The molecular weight excluding hydrogens is 194 g/mol. The molecular formula is C15H27N. The van der Waals surface area contributed by atoms with Gasteiger partial charge in [-0.1, -0.05) is 13.8 Å². The van der Waals surface area contributed by atoms with Crippen LogP contribution in [0.25, 0.3) is 0 Å².